The topological polar surface area (TPSA) is 58.6 Å². The quantitative estimate of drug-likeness (QED) is 0.618. The third kappa shape index (κ3) is 4.79. The van der Waals surface area contributed by atoms with Crippen molar-refractivity contribution in [3.63, 3.8) is 0 Å². The van der Waals surface area contributed by atoms with E-state index in [1.54, 1.807) is 23.1 Å². The van der Waals surface area contributed by atoms with E-state index in [2.05, 4.69) is 9.97 Å². The zero-order valence-electron chi connectivity index (χ0n) is 16.8. The van der Waals surface area contributed by atoms with E-state index in [4.69, 9.17) is 4.74 Å². The summed E-state index contributed by atoms with van der Waals surface area (Å²) in [4.78, 5) is 24.0. The summed E-state index contributed by atoms with van der Waals surface area (Å²) in [7, 11) is 0. The van der Waals surface area contributed by atoms with Gasteiger partial charge in [0.15, 0.2) is 0 Å². The Balaban J connectivity index is 1.32. The highest BCUT2D eigenvalue weighted by Crippen LogP contribution is 2.34. The fourth-order valence-electron chi connectivity index (χ4n) is 3.36. The van der Waals surface area contributed by atoms with Crippen molar-refractivity contribution in [2.45, 2.75) is 12.5 Å². The first-order valence-electron chi connectivity index (χ1n) is 10.0. The van der Waals surface area contributed by atoms with Crippen molar-refractivity contribution in [1.82, 2.24) is 14.9 Å². The predicted octanol–water partition coefficient (Wildman–Crippen LogP) is 4.08. The summed E-state index contributed by atoms with van der Waals surface area (Å²) in [5.41, 5.74) is 0.565. The minimum atomic E-state index is -3.17. The molecular formula is C23H22F2N4O2. The third-order valence-electron chi connectivity index (χ3n) is 5.16. The number of carbonyl (C=O) groups excluding carboxylic acids is 1. The summed E-state index contributed by atoms with van der Waals surface area (Å²) in [6, 6.07) is 17.1. The molecule has 0 aliphatic carbocycles. The molecule has 1 aromatic heterocycles. The summed E-state index contributed by atoms with van der Waals surface area (Å²) in [6.07, 6.45) is 1.95. The van der Waals surface area contributed by atoms with Gasteiger partial charge in [-0.1, -0.05) is 60.7 Å². The Bertz CT molecular complexity index is 993. The molecule has 6 nitrogen and oxygen atoms in total. The van der Waals surface area contributed by atoms with Crippen LogP contribution in [0.4, 0.5) is 19.5 Å². The number of hydrogen-bond donors (Lipinski definition) is 0. The second kappa shape index (κ2) is 9.07. The summed E-state index contributed by atoms with van der Waals surface area (Å²) in [6.45, 7) is 2.10. The van der Waals surface area contributed by atoms with Crippen LogP contribution >= 0.6 is 0 Å². The van der Waals surface area contributed by atoms with Crippen LogP contribution < -0.4 is 4.90 Å². The van der Waals surface area contributed by atoms with E-state index in [0.29, 0.717) is 32.1 Å². The number of aromatic nitrogens is 2. The summed E-state index contributed by atoms with van der Waals surface area (Å²) < 4.78 is 34.6. The highest BCUT2D eigenvalue weighted by Gasteiger charge is 2.35. The Morgan fingerprint density at radius 1 is 0.871 bits per heavy atom. The second-order valence-corrected chi connectivity index (χ2v) is 7.23. The third-order valence-corrected chi connectivity index (χ3v) is 5.16. The molecule has 0 N–H and O–H groups in total. The Labute approximate surface area is 179 Å². The maximum atomic E-state index is 14.6. The highest BCUT2D eigenvalue weighted by atomic mass is 19.3. The Hall–Kier alpha value is -3.55. The first-order chi connectivity index (χ1) is 15.0. The molecular weight excluding hydrogens is 402 g/mol. The van der Waals surface area contributed by atoms with Crippen LogP contribution in [0.25, 0.3) is 0 Å². The molecule has 2 heterocycles. The SMILES string of the molecule is O=C(OCc1ccccc1)N1CCN(c2ncc(C(F)(F)c3ccccc3)cn2)CC1. The van der Waals surface area contributed by atoms with E-state index in [9.17, 15) is 13.6 Å². The van der Waals surface area contributed by atoms with Gasteiger partial charge in [-0.3, -0.25) is 0 Å². The molecule has 8 heteroatoms. The molecule has 160 valence electrons. The van der Waals surface area contributed by atoms with Gasteiger partial charge in [-0.05, 0) is 5.56 Å². The molecule has 0 unspecified atom stereocenters. The normalized spacial score (nSPS) is 14.4. The number of amides is 1. The van der Waals surface area contributed by atoms with Crippen LogP contribution in [0.1, 0.15) is 16.7 Å². The minimum absolute atomic E-state index is 0.103. The van der Waals surface area contributed by atoms with Crippen LogP contribution in [0.15, 0.2) is 73.1 Å². The zero-order valence-corrected chi connectivity index (χ0v) is 16.8. The van der Waals surface area contributed by atoms with Gasteiger partial charge in [0.25, 0.3) is 0 Å². The van der Waals surface area contributed by atoms with Crippen molar-refractivity contribution in [2.75, 3.05) is 31.1 Å². The molecule has 3 aromatic rings. The van der Waals surface area contributed by atoms with Gasteiger partial charge in [-0.25, -0.2) is 14.8 Å². The monoisotopic (exact) mass is 424 g/mol. The molecule has 4 rings (SSSR count). The van der Waals surface area contributed by atoms with Gasteiger partial charge in [0.05, 0.1) is 5.56 Å². The molecule has 0 saturated carbocycles. The number of hydrogen-bond acceptors (Lipinski definition) is 5. The maximum Gasteiger partial charge on any atom is 0.410 e. The van der Waals surface area contributed by atoms with E-state index in [-0.39, 0.29) is 23.8 Å². The van der Waals surface area contributed by atoms with Gasteiger partial charge < -0.3 is 14.5 Å². The van der Waals surface area contributed by atoms with Crippen LogP contribution in [0.3, 0.4) is 0 Å². The van der Waals surface area contributed by atoms with Crippen LogP contribution in [0, 0.1) is 0 Å². The van der Waals surface area contributed by atoms with Crippen LogP contribution in [-0.2, 0) is 17.3 Å². The van der Waals surface area contributed by atoms with Crippen LogP contribution in [0.2, 0.25) is 0 Å². The van der Waals surface area contributed by atoms with Gasteiger partial charge >= 0.3 is 12.0 Å². The van der Waals surface area contributed by atoms with Crippen LogP contribution in [-0.4, -0.2) is 47.1 Å². The van der Waals surface area contributed by atoms with Crippen LogP contribution in [0.5, 0.6) is 0 Å². The first kappa shape index (κ1) is 20.7. The molecule has 0 radical (unpaired) electrons. The van der Waals surface area contributed by atoms with Crippen molar-refractivity contribution in [3.05, 3.63) is 89.7 Å². The van der Waals surface area contributed by atoms with E-state index in [1.807, 2.05) is 35.2 Å². The van der Waals surface area contributed by atoms with Crippen molar-refractivity contribution in [1.29, 1.82) is 0 Å². The fourth-order valence-corrected chi connectivity index (χ4v) is 3.36. The predicted molar refractivity (Wildman–Crippen MR) is 112 cm³/mol. The maximum absolute atomic E-state index is 14.6. The van der Waals surface area contributed by atoms with Crippen molar-refractivity contribution < 1.29 is 18.3 Å². The zero-order chi connectivity index (χ0) is 21.7. The number of benzene rings is 2. The average molecular weight is 424 g/mol. The average Bonchev–Trinajstić information content (AvgIpc) is 2.84. The Morgan fingerprint density at radius 2 is 1.45 bits per heavy atom. The summed E-state index contributed by atoms with van der Waals surface area (Å²) in [5, 5.41) is 0. The van der Waals surface area contributed by atoms with Crippen molar-refractivity contribution in [3.8, 4) is 0 Å². The van der Waals surface area contributed by atoms with Crippen molar-refractivity contribution >= 4 is 12.0 Å². The number of piperazine rings is 1. The van der Waals surface area contributed by atoms with E-state index < -0.39 is 5.92 Å². The van der Waals surface area contributed by atoms with E-state index in [0.717, 1.165) is 18.0 Å². The lowest BCUT2D eigenvalue weighted by Gasteiger charge is -2.34. The standard InChI is InChI=1S/C23H22F2N4O2/c24-23(25,19-9-5-2-6-10-19)20-15-26-21(27-16-20)28-11-13-29(14-12-28)22(30)31-17-18-7-3-1-4-8-18/h1-10,15-16H,11-14,17H2. The molecule has 0 bridgehead atoms. The lowest BCUT2D eigenvalue weighted by Crippen LogP contribution is -2.49. The van der Waals surface area contributed by atoms with Gasteiger partial charge in [0.2, 0.25) is 5.95 Å². The molecule has 1 saturated heterocycles. The number of halogens is 2. The number of alkyl halides is 2. The molecule has 1 aliphatic rings. The lowest BCUT2D eigenvalue weighted by atomic mass is 10.0. The molecule has 1 aliphatic heterocycles. The fraction of sp³-hybridized carbons (Fsp3) is 0.261. The molecule has 0 spiro atoms. The van der Waals surface area contributed by atoms with Gasteiger partial charge in [-0.2, -0.15) is 8.78 Å². The van der Waals surface area contributed by atoms with Gasteiger partial charge in [-0.15, -0.1) is 0 Å². The minimum Gasteiger partial charge on any atom is -0.445 e. The number of ether oxygens (including phenoxy) is 1. The molecule has 1 fully saturated rings. The van der Waals surface area contributed by atoms with Gasteiger partial charge in [0.1, 0.15) is 6.61 Å². The number of carbonyl (C=O) groups is 1. The highest BCUT2D eigenvalue weighted by molar-refractivity contribution is 5.68. The Kier molecular flexibility index (Phi) is 6.06. The van der Waals surface area contributed by atoms with Gasteiger partial charge in [0, 0.05) is 44.1 Å². The first-order valence-corrected chi connectivity index (χ1v) is 10.0. The summed E-state index contributed by atoms with van der Waals surface area (Å²) >= 11 is 0. The second-order valence-electron chi connectivity index (χ2n) is 7.23. The largest absolute Gasteiger partial charge is 0.445 e. The molecule has 1 amide bonds. The number of rotatable bonds is 5. The smallest absolute Gasteiger partial charge is 0.410 e. The summed E-state index contributed by atoms with van der Waals surface area (Å²) in [5.74, 6) is -2.80. The molecule has 31 heavy (non-hydrogen) atoms. The lowest BCUT2D eigenvalue weighted by molar-refractivity contribution is 0.0420. The Morgan fingerprint density at radius 3 is 2.06 bits per heavy atom. The molecule has 2 aromatic carbocycles. The van der Waals surface area contributed by atoms with E-state index in [1.165, 1.54) is 12.1 Å². The van der Waals surface area contributed by atoms with Crippen molar-refractivity contribution in [2.24, 2.45) is 0 Å². The van der Waals surface area contributed by atoms with E-state index >= 15 is 0 Å². The number of nitrogens with zero attached hydrogens (tertiary/aromatic N) is 4. The molecule has 0 atom stereocenters. The number of anilines is 1.